The molecule has 2 aromatic rings. The lowest BCUT2D eigenvalue weighted by molar-refractivity contribution is -0.139. The van der Waals surface area contributed by atoms with E-state index in [9.17, 15) is 9.59 Å². The Bertz CT molecular complexity index is 809. The Morgan fingerprint density at radius 2 is 2.21 bits per heavy atom. The summed E-state index contributed by atoms with van der Waals surface area (Å²) in [5.41, 5.74) is 1.89. The van der Waals surface area contributed by atoms with Crippen molar-refractivity contribution in [1.82, 2.24) is 9.88 Å². The number of halogens is 1. The van der Waals surface area contributed by atoms with Gasteiger partial charge in [-0.05, 0) is 31.2 Å². The van der Waals surface area contributed by atoms with Gasteiger partial charge in [0.05, 0.1) is 36.8 Å². The summed E-state index contributed by atoms with van der Waals surface area (Å²) >= 11 is 6.07. The first-order chi connectivity index (χ1) is 11.5. The van der Waals surface area contributed by atoms with E-state index < -0.39 is 12.0 Å². The molecule has 126 valence electrons. The maximum Gasteiger partial charge on any atom is 0.305 e. The molecular formula is C17H17ClN2O4. The third-order valence-electron chi connectivity index (χ3n) is 4.03. The smallest absolute Gasteiger partial charge is 0.305 e. The average Bonchev–Trinajstić information content (AvgIpc) is 2.54. The second kappa shape index (κ2) is 6.75. The Morgan fingerprint density at radius 3 is 2.96 bits per heavy atom. The summed E-state index contributed by atoms with van der Waals surface area (Å²) in [5.74, 6) is -1.18. The zero-order chi connectivity index (χ0) is 17.3. The molecule has 7 heteroatoms. The number of carboxylic acid groups (broad SMARTS) is 1. The van der Waals surface area contributed by atoms with Crippen molar-refractivity contribution in [3.05, 3.63) is 40.5 Å². The van der Waals surface area contributed by atoms with Gasteiger partial charge in [-0.1, -0.05) is 11.6 Å². The fraction of sp³-hybridized carbons (Fsp3) is 0.353. The van der Waals surface area contributed by atoms with Crippen molar-refractivity contribution < 1.29 is 19.4 Å². The van der Waals surface area contributed by atoms with Crippen LogP contribution in [0, 0.1) is 6.92 Å². The van der Waals surface area contributed by atoms with Crippen LogP contribution < -0.4 is 0 Å². The van der Waals surface area contributed by atoms with E-state index in [2.05, 4.69) is 4.98 Å². The van der Waals surface area contributed by atoms with Crippen LogP contribution in [-0.4, -0.2) is 52.7 Å². The number of aryl methyl sites for hydroxylation is 1. The number of aliphatic carboxylic acids is 1. The number of pyridine rings is 1. The Morgan fingerprint density at radius 1 is 1.42 bits per heavy atom. The molecule has 0 unspecified atom stereocenters. The predicted octanol–water partition coefficient (Wildman–Crippen LogP) is 2.51. The lowest BCUT2D eigenvalue weighted by Gasteiger charge is -2.35. The van der Waals surface area contributed by atoms with E-state index in [0.717, 1.165) is 5.69 Å². The molecule has 24 heavy (non-hydrogen) atoms. The minimum atomic E-state index is -0.956. The lowest BCUT2D eigenvalue weighted by Crippen LogP contribution is -2.49. The van der Waals surface area contributed by atoms with E-state index in [1.165, 1.54) is 0 Å². The lowest BCUT2D eigenvalue weighted by atomic mass is 10.0. The van der Waals surface area contributed by atoms with Gasteiger partial charge in [0.1, 0.15) is 0 Å². The van der Waals surface area contributed by atoms with Crippen molar-refractivity contribution in [3.63, 3.8) is 0 Å². The van der Waals surface area contributed by atoms with Gasteiger partial charge >= 0.3 is 5.97 Å². The highest BCUT2D eigenvalue weighted by molar-refractivity contribution is 6.31. The summed E-state index contributed by atoms with van der Waals surface area (Å²) in [5, 5.41) is 10.3. The molecule has 1 aliphatic rings. The Kier molecular flexibility index (Phi) is 4.69. The third-order valence-corrected chi connectivity index (χ3v) is 4.26. The second-order valence-electron chi connectivity index (χ2n) is 5.80. The van der Waals surface area contributed by atoms with Gasteiger partial charge in [-0.3, -0.25) is 14.6 Å². The molecule has 6 nitrogen and oxygen atoms in total. The number of fused-ring (bicyclic) bond motifs is 1. The number of nitrogens with zero attached hydrogens (tertiary/aromatic N) is 2. The van der Waals surface area contributed by atoms with Crippen LogP contribution >= 0.6 is 11.6 Å². The van der Waals surface area contributed by atoms with E-state index in [1.54, 1.807) is 29.2 Å². The number of aromatic nitrogens is 1. The standard InChI is InChI=1S/C17H17ClN2O4/c1-10-6-14(13-7-11(18)2-3-15(13)19-10)17(23)20-4-5-24-9-12(20)8-16(21)22/h2-3,6-7,12H,4-5,8-9H2,1H3,(H,21,22)/t12-/m1/s1. The van der Waals surface area contributed by atoms with Crippen molar-refractivity contribution in [1.29, 1.82) is 0 Å². The largest absolute Gasteiger partial charge is 0.481 e. The molecular weight excluding hydrogens is 332 g/mol. The molecule has 3 rings (SSSR count). The van der Waals surface area contributed by atoms with E-state index in [4.69, 9.17) is 21.4 Å². The summed E-state index contributed by atoms with van der Waals surface area (Å²) in [6.07, 6.45) is -0.144. The maximum atomic E-state index is 13.1. The summed E-state index contributed by atoms with van der Waals surface area (Å²) in [6, 6.07) is 6.45. The predicted molar refractivity (Wildman–Crippen MR) is 89.4 cm³/mol. The van der Waals surface area contributed by atoms with Crippen LogP contribution in [-0.2, 0) is 9.53 Å². The Hall–Kier alpha value is -2.18. The summed E-state index contributed by atoms with van der Waals surface area (Å²) in [4.78, 5) is 30.1. The fourth-order valence-corrected chi connectivity index (χ4v) is 3.13. The first-order valence-corrected chi connectivity index (χ1v) is 8.01. The molecule has 1 aromatic carbocycles. The second-order valence-corrected chi connectivity index (χ2v) is 6.23. The zero-order valence-corrected chi connectivity index (χ0v) is 13.9. The van der Waals surface area contributed by atoms with Crippen LogP contribution in [0.25, 0.3) is 10.9 Å². The monoisotopic (exact) mass is 348 g/mol. The molecule has 0 spiro atoms. The summed E-state index contributed by atoms with van der Waals surface area (Å²) < 4.78 is 5.34. The van der Waals surface area contributed by atoms with Gasteiger partial charge in [0.15, 0.2) is 0 Å². The molecule has 0 radical (unpaired) electrons. The molecule has 0 saturated carbocycles. The molecule has 1 aliphatic heterocycles. The number of morpholine rings is 1. The number of hydrogen-bond donors (Lipinski definition) is 1. The molecule has 0 aliphatic carbocycles. The molecule has 2 heterocycles. The molecule has 1 aromatic heterocycles. The molecule has 1 fully saturated rings. The van der Waals surface area contributed by atoms with Crippen LogP contribution in [0.1, 0.15) is 22.5 Å². The van der Waals surface area contributed by atoms with Gasteiger partial charge < -0.3 is 14.7 Å². The van der Waals surface area contributed by atoms with E-state index in [-0.39, 0.29) is 18.9 Å². The van der Waals surface area contributed by atoms with Gasteiger partial charge in [0.25, 0.3) is 5.91 Å². The maximum absolute atomic E-state index is 13.1. The number of amides is 1. The van der Waals surface area contributed by atoms with Crippen LogP contribution in [0.2, 0.25) is 5.02 Å². The van der Waals surface area contributed by atoms with Crippen LogP contribution in [0.4, 0.5) is 0 Å². The van der Waals surface area contributed by atoms with Gasteiger partial charge in [-0.15, -0.1) is 0 Å². The molecule has 1 amide bonds. The average molecular weight is 349 g/mol. The third kappa shape index (κ3) is 3.34. The number of carbonyl (C=O) groups excluding carboxylic acids is 1. The molecule has 0 bridgehead atoms. The highest BCUT2D eigenvalue weighted by Crippen LogP contribution is 2.25. The van der Waals surface area contributed by atoms with Gasteiger partial charge in [0.2, 0.25) is 0 Å². The van der Waals surface area contributed by atoms with E-state index in [0.29, 0.717) is 34.6 Å². The first kappa shape index (κ1) is 16.7. The summed E-state index contributed by atoms with van der Waals surface area (Å²) in [7, 11) is 0. The molecule has 1 atom stereocenters. The van der Waals surface area contributed by atoms with Gasteiger partial charge in [0, 0.05) is 22.6 Å². The number of hydrogen-bond acceptors (Lipinski definition) is 4. The first-order valence-electron chi connectivity index (χ1n) is 7.63. The summed E-state index contributed by atoms with van der Waals surface area (Å²) in [6.45, 7) is 2.80. The minimum Gasteiger partial charge on any atom is -0.481 e. The highest BCUT2D eigenvalue weighted by atomic mass is 35.5. The van der Waals surface area contributed by atoms with E-state index >= 15 is 0 Å². The molecule has 1 N–H and O–H groups in total. The number of ether oxygens (including phenoxy) is 1. The van der Waals surface area contributed by atoms with Crippen molar-refractivity contribution >= 4 is 34.4 Å². The van der Waals surface area contributed by atoms with Crippen LogP contribution in [0.5, 0.6) is 0 Å². The van der Waals surface area contributed by atoms with Crippen molar-refractivity contribution in [3.8, 4) is 0 Å². The highest BCUT2D eigenvalue weighted by Gasteiger charge is 2.30. The number of carboxylic acids is 1. The topological polar surface area (TPSA) is 79.7 Å². The van der Waals surface area contributed by atoms with Crippen LogP contribution in [0.15, 0.2) is 24.3 Å². The van der Waals surface area contributed by atoms with Crippen LogP contribution in [0.3, 0.4) is 0 Å². The van der Waals surface area contributed by atoms with Gasteiger partial charge in [-0.25, -0.2) is 0 Å². The minimum absolute atomic E-state index is 0.144. The fourth-order valence-electron chi connectivity index (χ4n) is 2.95. The Labute approximate surface area is 144 Å². The SMILES string of the molecule is Cc1cc(C(=O)N2CCOC[C@H]2CC(=O)O)c2cc(Cl)ccc2n1. The van der Waals surface area contributed by atoms with Gasteiger partial charge in [-0.2, -0.15) is 0 Å². The quantitative estimate of drug-likeness (QED) is 0.921. The zero-order valence-electron chi connectivity index (χ0n) is 13.2. The van der Waals surface area contributed by atoms with Crippen molar-refractivity contribution in [2.75, 3.05) is 19.8 Å². The van der Waals surface area contributed by atoms with Crippen molar-refractivity contribution in [2.24, 2.45) is 0 Å². The van der Waals surface area contributed by atoms with Crippen molar-refractivity contribution in [2.45, 2.75) is 19.4 Å². The van der Waals surface area contributed by atoms with E-state index in [1.807, 2.05) is 6.92 Å². The number of benzene rings is 1. The number of carbonyl (C=O) groups is 2. The number of rotatable bonds is 3. The Balaban J connectivity index is 2.03. The normalized spacial score (nSPS) is 17.9. The molecule has 1 saturated heterocycles.